The normalized spacial score (nSPS) is 17.2. The van der Waals surface area contributed by atoms with Gasteiger partial charge in [-0.15, -0.1) is 0 Å². The Morgan fingerprint density at radius 1 is 1.15 bits per heavy atom. The molecule has 5 N–H and O–H groups in total. The number of carbonyl (C=O) groups is 1. The van der Waals surface area contributed by atoms with Gasteiger partial charge in [0.15, 0.2) is 0 Å². The van der Waals surface area contributed by atoms with Crippen LogP contribution in [0.3, 0.4) is 0 Å². The van der Waals surface area contributed by atoms with Crippen molar-refractivity contribution < 1.29 is 14.3 Å². The Hall–Kier alpha value is -3.87. The van der Waals surface area contributed by atoms with Crippen LogP contribution in [-0.2, 0) is 11.3 Å². The van der Waals surface area contributed by atoms with Gasteiger partial charge in [-0.05, 0) is 31.0 Å². The van der Waals surface area contributed by atoms with E-state index in [9.17, 15) is 4.79 Å². The molecular formula is C27H32N8O3S. The maximum Gasteiger partial charge on any atom is 0.256 e. The van der Waals surface area contributed by atoms with Gasteiger partial charge in [0, 0.05) is 68.1 Å². The van der Waals surface area contributed by atoms with Crippen LogP contribution in [0.2, 0.25) is 0 Å². The minimum absolute atomic E-state index is 0. The third-order valence-corrected chi connectivity index (χ3v) is 7.04. The third-order valence-electron chi connectivity index (χ3n) is 7.04. The largest absolute Gasteiger partial charge is 0.489 e. The highest BCUT2D eigenvalue weighted by molar-refractivity contribution is 7.59. The Morgan fingerprint density at radius 2 is 2.00 bits per heavy atom. The highest BCUT2D eigenvalue weighted by Gasteiger charge is 2.25. The van der Waals surface area contributed by atoms with Gasteiger partial charge in [-0.25, -0.2) is 9.97 Å². The van der Waals surface area contributed by atoms with Crippen LogP contribution >= 0.6 is 13.5 Å². The first-order valence-corrected chi connectivity index (χ1v) is 12.8. The summed E-state index contributed by atoms with van der Waals surface area (Å²) in [7, 11) is 0. The fourth-order valence-electron chi connectivity index (χ4n) is 5.09. The summed E-state index contributed by atoms with van der Waals surface area (Å²) in [5.74, 6) is 0.957. The summed E-state index contributed by atoms with van der Waals surface area (Å²) in [4.78, 5) is 27.8. The molecule has 5 heterocycles. The number of nitrogens with two attached hydrogens (primary N) is 2. The van der Waals surface area contributed by atoms with E-state index in [4.69, 9.17) is 20.9 Å². The number of anilines is 2. The first kappa shape index (κ1) is 26.7. The standard InChI is InChI=1S/C27H30N8O3.H2S/c28-22-11-19(3-4-20(22)27(36)34-7-5-30-6-8-34)38-15-17-10-18(13-31-12-17)35-14-21(23-2-1-9-37-23)24-25(29)32-16-33-26(24)35;/h3-4,10-14,16,23,30H,1-2,5-9,15,28H2,(H2,29,32,33);1H2/t23-;/m0./s1. The van der Waals surface area contributed by atoms with Crippen molar-refractivity contribution in [2.45, 2.75) is 25.6 Å². The Bertz CT molecular complexity index is 1480. The molecule has 39 heavy (non-hydrogen) atoms. The lowest BCUT2D eigenvalue weighted by Gasteiger charge is -2.27. The summed E-state index contributed by atoms with van der Waals surface area (Å²) < 4.78 is 13.9. The topological polar surface area (TPSA) is 146 Å². The SMILES string of the molecule is Nc1cc(OCc2cncc(-n3cc([C@@H]4CCCO4)c4c(N)ncnc43)c2)ccc1C(=O)N1CCNCC1.S. The van der Waals surface area contributed by atoms with Gasteiger partial charge < -0.3 is 31.2 Å². The molecule has 4 aromatic rings. The number of benzene rings is 1. The minimum Gasteiger partial charge on any atom is -0.489 e. The number of ether oxygens (including phenoxy) is 2. The molecule has 204 valence electrons. The molecule has 0 bridgehead atoms. The van der Waals surface area contributed by atoms with Crippen LogP contribution in [0.1, 0.15) is 40.4 Å². The van der Waals surface area contributed by atoms with Crippen molar-refractivity contribution >= 4 is 41.9 Å². The molecule has 2 fully saturated rings. The van der Waals surface area contributed by atoms with Crippen LogP contribution in [0.5, 0.6) is 5.75 Å². The molecule has 0 aliphatic carbocycles. The second-order valence-corrected chi connectivity index (χ2v) is 9.54. The highest BCUT2D eigenvalue weighted by atomic mass is 32.1. The summed E-state index contributed by atoms with van der Waals surface area (Å²) in [6, 6.07) is 7.19. The molecular weight excluding hydrogens is 516 g/mol. The van der Waals surface area contributed by atoms with Gasteiger partial charge in [0.1, 0.15) is 30.1 Å². The summed E-state index contributed by atoms with van der Waals surface area (Å²) >= 11 is 0. The summed E-state index contributed by atoms with van der Waals surface area (Å²) in [5, 5.41) is 4.06. The van der Waals surface area contributed by atoms with Crippen molar-refractivity contribution in [3.63, 3.8) is 0 Å². The van der Waals surface area contributed by atoms with Crippen molar-refractivity contribution in [2.24, 2.45) is 0 Å². The molecule has 0 saturated carbocycles. The first-order chi connectivity index (χ1) is 18.6. The number of piperazine rings is 1. The van der Waals surface area contributed by atoms with E-state index in [0.29, 0.717) is 41.6 Å². The molecule has 2 saturated heterocycles. The van der Waals surface area contributed by atoms with Crippen LogP contribution in [0.25, 0.3) is 16.7 Å². The first-order valence-electron chi connectivity index (χ1n) is 12.8. The molecule has 3 aromatic heterocycles. The van der Waals surface area contributed by atoms with Gasteiger partial charge in [0.25, 0.3) is 5.91 Å². The van der Waals surface area contributed by atoms with Crippen molar-refractivity contribution in [1.82, 2.24) is 29.7 Å². The summed E-state index contributed by atoms with van der Waals surface area (Å²) in [5.41, 5.74) is 16.8. The number of nitrogen functional groups attached to an aromatic ring is 2. The zero-order valence-electron chi connectivity index (χ0n) is 21.5. The molecule has 0 spiro atoms. The molecule has 1 aromatic carbocycles. The zero-order valence-corrected chi connectivity index (χ0v) is 22.5. The molecule has 2 aliphatic rings. The van der Waals surface area contributed by atoms with E-state index in [-0.39, 0.29) is 32.1 Å². The van der Waals surface area contributed by atoms with E-state index in [0.717, 1.165) is 54.7 Å². The van der Waals surface area contributed by atoms with Gasteiger partial charge in [0.2, 0.25) is 0 Å². The number of carbonyl (C=O) groups excluding carboxylic acids is 1. The lowest BCUT2D eigenvalue weighted by molar-refractivity contribution is 0.0737. The van der Waals surface area contributed by atoms with Crippen molar-refractivity contribution in [1.29, 1.82) is 0 Å². The molecule has 2 aliphatic heterocycles. The molecule has 11 nitrogen and oxygen atoms in total. The van der Waals surface area contributed by atoms with Gasteiger partial charge in [0.05, 0.1) is 28.9 Å². The Morgan fingerprint density at radius 3 is 2.77 bits per heavy atom. The lowest BCUT2D eigenvalue weighted by Crippen LogP contribution is -2.46. The van der Waals surface area contributed by atoms with Gasteiger partial charge in [-0.2, -0.15) is 13.5 Å². The minimum atomic E-state index is -0.0572. The van der Waals surface area contributed by atoms with Crippen molar-refractivity contribution in [3.8, 4) is 11.4 Å². The fourth-order valence-corrected chi connectivity index (χ4v) is 5.09. The predicted molar refractivity (Wildman–Crippen MR) is 153 cm³/mol. The maximum absolute atomic E-state index is 12.8. The van der Waals surface area contributed by atoms with Gasteiger partial charge in [-0.1, -0.05) is 0 Å². The Balaban J connectivity index is 0.00000308. The van der Waals surface area contributed by atoms with E-state index in [2.05, 4.69) is 20.3 Å². The number of hydrogen-bond donors (Lipinski definition) is 3. The van der Waals surface area contributed by atoms with Crippen LogP contribution in [0.4, 0.5) is 11.5 Å². The number of aromatic nitrogens is 4. The van der Waals surface area contributed by atoms with E-state index in [1.807, 2.05) is 21.7 Å². The lowest BCUT2D eigenvalue weighted by atomic mass is 10.1. The number of pyridine rings is 1. The second kappa shape index (κ2) is 11.5. The van der Waals surface area contributed by atoms with Crippen molar-refractivity contribution in [3.05, 3.63) is 65.9 Å². The van der Waals surface area contributed by atoms with Crippen LogP contribution in [-0.4, -0.2) is 63.1 Å². The second-order valence-electron chi connectivity index (χ2n) is 9.54. The van der Waals surface area contributed by atoms with Crippen LogP contribution in [0, 0.1) is 0 Å². The number of nitrogens with zero attached hydrogens (tertiary/aromatic N) is 5. The van der Waals surface area contributed by atoms with E-state index in [1.54, 1.807) is 30.6 Å². The maximum atomic E-state index is 12.8. The molecule has 0 unspecified atom stereocenters. The monoisotopic (exact) mass is 548 g/mol. The molecule has 12 heteroatoms. The average molecular weight is 549 g/mol. The third kappa shape index (κ3) is 5.35. The predicted octanol–water partition coefficient (Wildman–Crippen LogP) is 2.57. The van der Waals surface area contributed by atoms with Gasteiger partial charge in [-0.3, -0.25) is 14.3 Å². The van der Waals surface area contributed by atoms with Crippen LogP contribution in [0.15, 0.2) is 49.2 Å². The molecule has 1 amide bonds. The van der Waals surface area contributed by atoms with E-state index >= 15 is 0 Å². The Labute approximate surface area is 233 Å². The Kier molecular flexibility index (Phi) is 7.87. The molecule has 1 atom stereocenters. The number of hydrogen-bond acceptors (Lipinski definition) is 9. The van der Waals surface area contributed by atoms with Crippen molar-refractivity contribution in [2.75, 3.05) is 44.3 Å². The molecule has 6 rings (SSSR count). The summed E-state index contributed by atoms with van der Waals surface area (Å²) in [6.45, 7) is 3.92. The van der Waals surface area contributed by atoms with E-state index < -0.39 is 0 Å². The zero-order chi connectivity index (χ0) is 26.1. The van der Waals surface area contributed by atoms with Crippen LogP contribution < -0.4 is 21.5 Å². The van der Waals surface area contributed by atoms with Gasteiger partial charge >= 0.3 is 0 Å². The number of amides is 1. The highest BCUT2D eigenvalue weighted by Crippen LogP contribution is 2.37. The summed E-state index contributed by atoms with van der Waals surface area (Å²) in [6.07, 6.45) is 8.92. The number of rotatable bonds is 6. The number of nitrogens with one attached hydrogen (secondary N) is 1. The van der Waals surface area contributed by atoms with E-state index in [1.165, 1.54) is 6.33 Å². The quantitative estimate of drug-likeness (QED) is 0.309. The average Bonchev–Trinajstić information content (AvgIpc) is 3.61. The molecule has 0 radical (unpaired) electrons. The fraction of sp³-hybridized carbons (Fsp3) is 0.333. The number of fused-ring (bicyclic) bond motifs is 1. The smallest absolute Gasteiger partial charge is 0.256 e.